The summed E-state index contributed by atoms with van der Waals surface area (Å²) in [6.07, 6.45) is 7.39. The maximum Gasteiger partial charge on any atom is 0.151 e. The van der Waals surface area contributed by atoms with E-state index >= 15 is 0 Å². The molecule has 10 nitrogen and oxygen atoms in total. The van der Waals surface area contributed by atoms with Crippen LogP contribution in [0.1, 0.15) is 107 Å². The SMILES string of the molecule is CCC.CCC1CCN(C(C)(C)CCP(C)OCOCc2cn(CCOC(C)(C)COC(C)(C)CC(C)=O)nn2)CC1O. The van der Waals surface area contributed by atoms with E-state index in [-0.39, 0.29) is 24.2 Å². The summed E-state index contributed by atoms with van der Waals surface area (Å²) < 4.78 is 25.3. The predicted molar refractivity (Wildman–Crippen MR) is 174 cm³/mol. The third-order valence-corrected chi connectivity index (χ3v) is 9.03. The average Bonchev–Trinajstić information content (AvgIpc) is 3.36. The number of piperidine rings is 1. The number of hydrogen-bond donors (Lipinski definition) is 1. The molecule has 11 heteroatoms. The summed E-state index contributed by atoms with van der Waals surface area (Å²) in [5.41, 5.74) is -0.217. The van der Waals surface area contributed by atoms with E-state index in [2.05, 4.69) is 56.5 Å². The Kier molecular flexibility index (Phi) is 18.2. The van der Waals surface area contributed by atoms with Gasteiger partial charge in [-0.15, -0.1) is 5.10 Å². The molecule has 43 heavy (non-hydrogen) atoms. The molecule has 1 aromatic rings. The Morgan fingerprint density at radius 1 is 1.12 bits per heavy atom. The largest absolute Gasteiger partial charge is 0.392 e. The van der Waals surface area contributed by atoms with Crippen LogP contribution in [0.2, 0.25) is 0 Å². The molecule has 0 radical (unpaired) electrons. The monoisotopic (exact) mass is 630 g/mol. The number of β-amino-alcohol motifs (C(OH)–C–C–N with tert-alkyl or cyclic N) is 1. The fourth-order valence-corrected chi connectivity index (χ4v) is 6.17. The molecule has 1 aliphatic rings. The predicted octanol–water partition coefficient (Wildman–Crippen LogP) is 6.04. The minimum atomic E-state index is -0.598. The molecule has 1 aromatic heterocycles. The first-order chi connectivity index (χ1) is 20.0. The van der Waals surface area contributed by atoms with Crippen molar-refractivity contribution in [3.63, 3.8) is 0 Å². The molecule has 2 heterocycles. The summed E-state index contributed by atoms with van der Waals surface area (Å²) in [5.74, 6) is 0.539. The Morgan fingerprint density at radius 3 is 2.40 bits per heavy atom. The number of aromatic nitrogens is 3. The summed E-state index contributed by atoms with van der Waals surface area (Å²) in [7, 11) is -0.598. The van der Waals surface area contributed by atoms with Crippen molar-refractivity contribution in [2.75, 3.05) is 45.9 Å². The second-order valence-electron chi connectivity index (χ2n) is 13.7. The third-order valence-electron chi connectivity index (χ3n) is 7.63. The average molecular weight is 631 g/mol. The zero-order valence-corrected chi connectivity index (χ0v) is 30.0. The number of rotatable bonds is 19. The van der Waals surface area contributed by atoms with E-state index in [9.17, 15) is 9.90 Å². The molecule has 0 aliphatic carbocycles. The maximum atomic E-state index is 11.4. The number of carbonyl (C=O) groups excluding carboxylic acids is 1. The van der Waals surface area contributed by atoms with Crippen molar-refractivity contribution in [2.24, 2.45) is 5.92 Å². The molecule has 0 amide bonds. The molecule has 2 rings (SSSR count). The normalized spacial score (nSPS) is 19.2. The highest BCUT2D eigenvalue weighted by Gasteiger charge is 2.34. The number of aliphatic hydroxyl groups is 1. The number of carbonyl (C=O) groups is 1. The molecule has 0 aromatic carbocycles. The number of ether oxygens (including phenoxy) is 3. The van der Waals surface area contributed by atoms with Gasteiger partial charge in [0.2, 0.25) is 0 Å². The van der Waals surface area contributed by atoms with Crippen molar-refractivity contribution in [1.29, 1.82) is 0 Å². The first-order valence-corrected chi connectivity index (χ1v) is 17.9. The van der Waals surface area contributed by atoms with Crippen LogP contribution < -0.4 is 0 Å². The van der Waals surface area contributed by atoms with E-state index in [0.29, 0.717) is 38.7 Å². The molecule has 0 saturated carbocycles. The quantitative estimate of drug-likeness (QED) is 0.111. The van der Waals surface area contributed by atoms with Gasteiger partial charge >= 0.3 is 0 Å². The highest BCUT2D eigenvalue weighted by molar-refractivity contribution is 7.51. The molecule has 1 fully saturated rings. The van der Waals surface area contributed by atoms with Gasteiger partial charge in [-0.25, -0.2) is 4.68 Å². The summed E-state index contributed by atoms with van der Waals surface area (Å²) >= 11 is 0. The van der Waals surface area contributed by atoms with Crippen LogP contribution in [0.3, 0.4) is 0 Å². The van der Waals surface area contributed by atoms with Gasteiger partial charge in [0.1, 0.15) is 11.5 Å². The summed E-state index contributed by atoms with van der Waals surface area (Å²) in [4.78, 5) is 13.8. The number of aliphatic hydroxyl groups excluding tert-OH is 1. The van der Waals surface area contributed by atoms with Gasteiger partial charge in [0.15, 0.2) is 6.79 Å². The topological polar surface area (TPSA) is 108 Å². The van der Waals surface area contributed by atoms with E-state index < -0.39 is 19.4 Å². The number of Topliss-reactive ketones (excluding diaryl/α,β-unsaturated/α-hetero) is 1. The lowest BCUT2D eigenvalue weighted by molar-refractivity contribution is -0.137. The molecule has 1 aliphatic heterocycles. The molecule has 252 valence electrons. The Bertz CT molecular complexity index is 910. The van der Waals surface area contributed by atoms with Crippen LogP contribution in [0.4, 0.5) is 0 Å². The van der Waals surface area contributed by atoms with Crippen molar-refractivity contribution < 1.29 is 28.6 Å². The zero-order valence-electron chi connectivity index (χ0n) is 29.1. The van der Waals surface area contributed by atoms with E-state index in [0.717, 1.165) is 44.2 Å². The fourth-order valence-electron chi connectivity index (χ4n) is 4.92. The molecular formula is C32H63N4O6P. The van der Waals surface area contributed by atoms with E-state index in [4.69, 9.17) is 18.7 Å². The lowest BCUT2D eigenvalue weighted by Gasteiger charge is -2.45. The van der Waals surface area contributed by atoms with Gasteiger partial charge in [-0.05, 0) is 86.6 Å². The molecule has 0 spiro atoms. The van der Waals surface area contributed by atoms with Crippen molar-refractivity contribution in [3.05, 3.63) is 11.9 Å². The highest BCUT2D eigenvalue weighted by Crippen LogP contribution is 2.37. The maximum absolute atomic E-state index is 11.4. The van der Waals surface area contributed by atoms with E-state index in [1.54, 1.807) is 11.6 Å². The van der Waals surface area contributed by atoms with Gasteiger partial charge in [-0.2, -0.15) is 0 Å². The van der Waals surface area contributed by atoms with Crippen LogP contribution in [0.15, 0.2) is 6.20 Å². The van der Waals surface area contributed by atoms with E-state index in [1.165, 1.54) is 6.42 Å². The Morgan fingerprint density at radius 2 is 1.79 bits per heavy atom. The summed E-state index contributed by atoms with van der Waals surface area (Å²) in [5, 5.41) is 18.8. The molecular weight excluding hydrogens is 567 g/mol. The molecule has 1 N–H and O–H groups in total. The van der Waals surface area contributed by atoms with Crippen molar-refractivity contribution >= 4 is 13.9 Å². The van der Waals surface area contributed by atoms with Crippen LogP contribution in [0.25, 0.3) is 0 Å². The first-order valence-electron chi connectivity index (χ1n) is 16.0. The van der Waals surface area contributed by atoms with Gasteiger partial charge in [-0.1, -0.05) is 38.8 Å². The number of likely N-dealkylation sites (tertiary alicyclic amines) is 1. The van der Waals surface area contributed by atoms with Gasteiger partial charge in [0, 0.05) is 26.7 Å². The Hall–Kier alpha value is -1.00. The smallest absolute Gasteiger partial charge is 0.151 e. The van der Waals surface area contributed by atoms with Crippen LogP contribution in [-0.2, 0) is 36.7 Å². The van der Waals surface area contributed by atoms with Crippen LogP contribution in [-0.4, -0.2) is 99.6 Å². The van der Waals surface area contributed by atoms with Crippen LogP contribution in [0, 0.1) is 5.92 Å². The van der Waals surface area contributed by atoms with Gasteiger partial charge in [-0.3, -0.25) is 9.69 Å². The van der Waals surface area contributed by atoms with Crippen molar-refractivity contribution in [2.45, 2.75) is 137 Å². The van der Waals surface area contributed by atoms with Gasteiger partial charge < -0.3 is 23.8 Å². The van der Waals surface area contributed by atoms with E-state index in [1.807, 2.05) is 33.9 Å². The molecule has 3 atom stereocenters. The second-order valence-corrected chi connectivity index (χ2v) is 15.7. The molecule has 1 saturated heterocycles. The van der Waals surface area contributed by atoms with Crippen molar-refractivity contribution in [3.8, 4) is 0 Å². The number of ketones is 1. The second kappa shape index (κ2) is 19.5. The summed E-state index contributed by atoms with van der Waals surface area (Å²) in [6, 6.07) is 0. The first kappa shape index (κ1) is 40.0. The Labute approximate surface area is 263 Å². The summed E-state index contributed by atoms with van der Waals surface area (Å²) in [6.45, 7) is 26.2. The minimum absolute atomic E-state index is 0.0387. The number of nitrogens with zero attached hydrogens (tertiary/aromatic N) is 4. The van der Waals surface area contributed by atoms with Crippen LogP contribution in [0.5, 0.6) is 0 Å². The zero-order chi connectivity index (χ0) is 32.7. The van der Waals surface area contributed by atoms with Crippen molar-refractivity contribution in [1.82, 2.24) is 19.9 Å². The van der Waals surface area contributed by atoms with Gasteiger partial charge in [0.25, 0.3) is 0 Å². The van der Waals surface area contributed by atoms with Crippen LogP contribution >= 0.6 is 8.15 Å². The lowest BCUT2D eigenvalue weighted by Crippen LogP contribution is -2.53. The lowest BCUT2D eigenvalue weighted by atomic mass is 9.87. The standard InChI is InChI=1S/C29H55N4O6P.C3H8/c1-10-24-11-13-32(19-26(24)35)27(3,4)12-16-40(9)39-22-36-20-25-18-33(31-30-25)14-15-37-29(7,8)21-38-28(5,6)17-23(2)34;1-3-2/h18,24,26,35H,10-17,19-22H2,1-9H3;3H2,1-2H3. The minimum Gasteiger partial charge on any atom is -0.392 e. The molecule has 0 bridgehead atoms. The molecule has 3 unspecified atom stereocenters. The number of hydrogen-bond acceptors (Lipinski definition) is 9. The fraction of sp³-hybridized carbons (Fsp3) is 0.906. The highest BCUT2D eigenvalue weighted by atomic mass is 31.1. The van der Waals surface area contributed by atoms with Gasteiger partial charge in [0.05, 0.1) is 49.9 Å². The Balaban J connectivity index is 0.00000295. The third kappa shape index (κ3) is 16.8.